The number of benzene rings is 1. The number of methoxy groups -OCH3 is 1. The first-order valence-electron chi connectivity index (χ1n) is 6.85. The van der Waals surface area contributed by atoms with E-state index in [-0.39, 0.29) is 0 Å². The topological polar surface area (TPSA) is 58.6 Å². The molecule has 1 aromatic rings. The molecule has 0 aliphatic rings. The lowest BCUT2D eigenvalue weighted by Gasteiger charge is -2.20. The van der Waals surface area contributed by atoms with Gasteiger partial charge in [0.15, 0.2) is 0 Å². The highest BCUT2D eigenvalue weighted by Crippen LogP contribution is 2.17. The van der Waals surface area contributed by atoms with Gasteiger partial charge in [-0.15, -0.1) is 0 Å². The normalized spacial score (nSPS) is 12.0. The molecule has 1 N–H and O–H groups in total. The molecule has 0 bridgehead atoms. The van der Waals surface area contributed by atoms with Crippen LogP contribution in [0, 0.1) is 0 Å². The van der Waals surface area contributed by atoms with E-state index in [2.05, 4.69) is 5.32 Å². The Balaban J connectivity index is 2.95. The Hall–Kier alpha value is -0.950. The molecule has 0 unspecified atom stereocenters. The van der Waals surface area contributed by atoms with Crippen LogP contribution in [-0.2, 0) is 21.3 Å². The highest BCUT2D eigenvalue weighted by Gasteiger charge is 2.22. The molecular formula is C14H24N2O3S. The zero-order valence-corrected chi connectivity index (χ0v) is 13.2. The molecule has 0 fully saturated rings. The molecule has 0 atom stereocenters. The summed E-state index contributed by atoms with van der Waals surface area (Å²) in [5.41, 5.74) is 0.968. The third kappa shape index (κ3) is 4.56. The van der Waals surface area contributed by atoms with Gasteiger partial charge >= 0.3 is 0 Å². The fourth-order valence-electron chi connectivity index (χ4n) is 1.88. The molecule has 6 heteroatoms. The second-order valence-corrected chi connectivity index (χ2v) is 6.36. The molecule has 20 heavy (non-hydrogen) atoms. The van der Waals surface area contributed by atoms with Crippen molar-refractivity contribution in [3.8, 4) is 0 Å². The SMILES string of the molecule is CCNCc1cccc(S(=O)(=O)N(CC)CCOC)c1. The van der Waals surface area contributed by atoms with Gasteiger partial charge in [-0.2, -0.15) is 4.31 Å². The zero-order valence-electron chi connectivity index (χ0n) is 12.4. The maximum Gasteiger partial charge on any atom is 0.243 e. The predicted octanol–water partition coefficient (Wildman–Crippen LogP) is 1.45. The third-order valence-corrected chi connectivity index (χ3v) is 4.98. The number of nitrogens with zero attached hydrogens (tertiary/aromatic N) is 1. The van der Waals surface area contributed by atoms with E-state index >= 15 is 0 Å². The van der Waals surface area contributed by atoms with Gasteiger partial charge in [-0.3, -0.25) is 0 Å². The van der Waals surface area contributed by atoms with Crippen molar-refractivity contribution < 1.29 is 13.2 Å². The lowest BCUT2D eigenvalue weighted by Crippen LogP contribution is -2.33. The maximum atomic E-state index is 12.5. The van der Waals surface area contributed by atoms with Gasteiger partial charge in [-0.25, -0.2) is 8.42 Å². The summed E-state index contributed by atoms with van der Waals surface area (Å²) in [4.78, 5) is 0.339. The molecule has 0 saturated heterocycles. The zero-order chi connectivity index (χ0) is 15.0. The summed E-state index contributed by atoms with van der Waals surface area (Å²) in [6, 6.07) is 7.07. The minimum Gasteiger partial charge on any atom is -0.383 e. The second kappa shape index (κ2) is 8.36. The van der Waals surface area contributed by atoms with Crippen molar-refractivity contribution >= 4 is 10.0 Å². The van der Waals surface area contributed by atoms with Gasteiger partial charge in [0.05, 0.1) is 11.5 Å². The first-order chi connectivity index (χ1) is 9.56. The smallest absolute Gasteiger partial charge is 0.243 e. The van der Waals surface area contributed by atoms with Crippen LogP contribution in [0.3, 0.4) is 0 Å². The van der Waals surface area contributed by atoms with E-state index in [0.717, 1.165) is 12.1 Å². The van der Waals surface area contributed by atoms with E-state index in [4.69, 9.17) is 4.74 Å². The Kier molecular flexibility index (Phi) is 7.15. The van der Waals surface area contributed by atoms with E-state index < -0.39 is 10.0 Å². The van der Waals surface area contributed by atoms with Crippen LogP contribution in [0.2, 0.25) is 0 Å². The van der Waals surface area contributed by atoms with E-state index in [1.165, 1.54) is 4.31 Å². The van der Waals surface area contributed by atoms with Crippen molar-refractivity contribution in [3.05, 3.63) is 29.8 Å². The number of ether oxygens (including phenoxy) is 1. The summed E-state index contributed by atoms with van der Waals surface area (Å²) in [5, 5.41) is 3.19. The maximum absolute atomic E-state index is 12.5. The minimum absolute atomic E-state index is 0.339. The van der Waals surface area contributed by atoms with Crippen LogP contribution in [0.15, 0.2) is 29.2 Å². The van der Waals surface area contributed by atoms with Crippen LogP contribution in [0.5, 0.6) is 0 Å². The predicted molar refractivity (Wildman–Crippen MR) is 80.1 cm³/mol. The van der Waals surface area contributed by atoms with Gasteiger partial charge in [0.1, 0.15) is 0 Å². The fraction of sp³-hybridized carbons (Fsp3) is 0.571. The molecule has 0 aromatic heterocycles. The van der Waals surface area contributed by atoms with Crippen LogP contribution in [-0.4, -0.2) is 46.1 Å². The average molecular weight is 300 g/mol. The summed E-state index contributed by atoms with van der Waals surface area (Å²) in [7, 11) is -1.88. The number of sulfonamides is 1. The largest absolute Gasteiger partial charge is 0.383 e. The average Bonchev–Trinajstić information content (AvgIpc) is 2.46. The van der Waals surface area contributed by atoms with Gasteiger partial charge in [-0.05, 0) is 24.2 Å². The second-order valence-electron chi connectivity index (χ2n) is 4.42. The Bertz CT molecular complexity index is 503. The summed E-state index contributed by atoms with van der Waals surface area (Å²) in [6.45, 7) is 6.57. The molecule has 0 aliphatic heterocycles. The number of likely N-dealkylation sites (N-methyl/N-ethyl adjacent to an activating group) is 1. The van der Waals surface area contributed by atoms with Gasteiger partial charge in [-0.1, -0.05) is 26.0 Å². The number of hydrogen-bond donors (Lipinski definition) is 1. The van der Waals surface area contributed by atoms with Gasteiger partial charge < -0.3 is 10.1 Å². The molecule has 0 spiro atoms. The van der Waals surface area contributed by atoms with Gasteiger partial charge in [0, 0.05) is 26.7 Å². The summed E-state index contributed by atoms with van der Waals surface area (Å²) >= 11 is 0. The number of rotatable bonds is 9. The van der Waals surface area contributed by atoms with Crippen molar-refractivity contribution in [1.29, 1.82) is 0 Å². The summed E-state index contributed by atoms with van der Waals surface area (Å²) in [6.07, 6.45) is 0. The number of nitrogens with one attached hydrogen (secondary N) is 1. The Morgan fingerprint density at radius 2 is 2.05 bits per heavy atom. The molecule has 0 radical (unpaired) electrons. The Labute approximate surface area is 122 Å². The van der Waals surface area contributed by atoms with Crippen molar-refractivity contribution in [2.75, 3.05) is 33.4 Å². The molecular weight excluding hydrogens is 276 g/mol. The molecule has 0 amide bonds. The van der Waals surface area contributed by atoms with E-state index in [1.54, 1.807) is 25.3 Å². The molecule has 0 heterocycles. The third-order valence-electron chi connectivity index (χ3n) is 3.01. The van der Waals surface area contributed by atoms with Crippen LogP contribution in [0.25, 0.3) is 0 Å². The van der Waals surface area contributed by atoms with Crippen molar-refractivity contribution in [1.82, 2.24) is 9.62 Å². The van der Waals surface area contributed by atoms with Crippen molar-refractivity contribution in [2.45, 2.75) is 25.3 Å². The van der Waals surface area contributed by atoms with Crippen molar-refractivity contribution in [2.24, 2.45) is 0 Å². The number of hydrogen-bond acceptors (Lipinski definition) is 4. The fourth-order valence-corrected chi connectivity index (χ4v) is 3.38. The summed E-state index contributed by atoms with van der Waals surface area (Å²) < 4.78 is 31.5. The van der Waals surface area contributed by atoms with E-state index in [9.17, 15) is 8.42 Å². The van der Waals surface area contributed by atoms with Crippen LogP contribution >= 0.6 is 0 Å². The minimum atomic E-state index is -3.45. The van der Waals surface area contributed by atoms with Gasteiger partial charge in [0.2, 0.25) is 10.0 Å². The quantitative estimate of drug-likeness (QED) is 0.750. The van der Waals surface area contributed by atoms with Crippen LogP contribution in [0.1, 0.15) is 19.4 Å². The first-order valence-corrected chi connectivity index (χ1v) is 8.29. The molecule has 1 rings (SSSR count). The molecule has 0 saturated carbocycles. The highest BCUT2D eigenvalue weighted by atomic mass is 32.2. The van der Waals surface area contributed by atoms with Crippen LogP contribution < -0.4 is 5.32 Å². The van der Waals surface area contributed by atoms with Crippen molar-refractivity contribution in [3.63, 3.8) is 0 Å². The monoisotopic (exact) mass is 300 g/mol. The highest BCUT2D eigenvalue weighted by molar-refractivity contribution is 7.89. The lowest BCUT2D eigenvalue weighted by atomic mass is 10.2. The van der Waals surface area contributed by atoms with E-state index in [1.807, 2.05) is 19.9 Å². The lowest BCUT2D eigenvalue weighted by molar-refractivity contribution is 0.180. The van der Waals surface area contributed by atoms with Gasteiger partial charge in [0.25, 0.3) is 0 Å². The Morgan fingerprint density at radius 3 is 2.65 bits per heavy atom. The molecule has 114 valence electrons. The van der Waals surface area contributed by atoms with E-state index in [0.29, 0.717) is 31.1 Å². The standard InChI is InChI=1S/C14H24N2O3S/c1-4-15-12-13-7-6-8-14(11-13)20(17,18)16(5-2)9-10-19-3/h6-8,11,15H,4-5,9-10,12H2,1-3H3. The Morgan fingerprint density at radius 1 is 1.30 bits per heavy atom. The first kappa shape index (κ1) is 17.1. The molecule has 5 nitrogen and oxygen atoms in total. The molecule has 0 aliphatic carbocycles. The van der Waals surface area contributed by atoms with Crippen LogP contribution in [0.4, 0.5) is 0 Å². The summed E-state index contributed by atoms with van der Waals surface area (Å²) in [5.74, 6) is 0. The molecule has 1 aromatic carbocycles.